The fraction of sp³-hybridized carbons (Fsp3) is 0.424. The van der Waals surface area contributed by atoms with Gasteiger partial charge in [-0.2, -0.15) is 5.10 Å². The van der Waals surface area contributed by atoms with Gasteiger partial charge in [-0.25, -0.2) is 53.2 Å². The Kier molecular flexibility index (Phi) is 24.4. The number of fused-ring (bicyclic) bond motifs is 3. The number of carbonyl (C=O) groups is 7. The lowest BCUT2D eigenvalue weighted by molar-refractivity contribution is -0.139. The summed E-state index contributed by atoms with van der Waals surface area (Å²) in [5.41, 5.74) is 7.53. The number of carbonyl (C=O) groups excluding carboxylic acids is 6. The van der Waals surface area contributed by atoms with Crippen molar-refractivity contribution in [2.45, 2.75) is 113 Å². The second kappa shape index (κ2) is 32.4. The first-order valence-electron chi connectivity index (χ1n) is 29.8. The minimum atomic E-state index is -1.19. The van der Waals surface area contributed by atoms with Crippen LogP contribution in [0.3, 0.4) is 0 Å². The summed E-state index contributed by atoms with van der Waals surface area (Å²) in [4.78, 5) is 102. The zero-order valence-electron chi connectivity index (χ0n) is 51.3. The topological polar surface area (TPSA) is 269 Å². The molecule has 0 spiro atoms. The molecule has 1 atom stereocenters. The smallest absolute Gasteiger partial charge is 0.419 e. The largest absolute Gasteiger partial charge is 0.484 e. The molecule has 0 unspecified atom stereocenters. The number of ether oxygens (including phenoxy) is 6. The highest BCUT2D eigenvalue weighted by atomic mass is 16.6. The summed E-state index contributed by atoms with van der Waals surface area (Å²) in [6, 6.07) is 32.3. The number of carboxylic acids is 1. The molecule has 22 heteroatoms. The third-order valence-electron chi connectivity index (χ3n) is 13.7. The number of hydrogen-bond acceptors (Lipinski definition) is 16. The van der Waals surface area contributed by atoms with Crippen LogP contribution in [0.4, 0.5) is 24.0 Å². The van der Waals surface area contributed by atoms with E-state index in [1.165, 1.54) is 0 Å². The van der Waals surface area contributed by atoms with Gasteiger partial charge in [-0.1, -0.05) is 128 Å². The van der Waals surface area contributed by atoms with Crippen LogP contribution in [0.15, 0.2) is 115 Å². The van der Waals surface area contributed by atoms with Crippen molar-refractivity contribution in [2.75, 3.05) is 46.2 Å². The van der Waals surface area contributed by atoms with Crippen LogP contribution in [0.25, 0.3) is 28.3 Å². The lowest BCUT2D eigenvalue weighted by Gasteiger charge is -2.21. The first-order chi connectivity index (χ1) is 42.2. The number of aromatic nitrogens is 4. The van der Waals surface area contributed by atoms with Crippen LogP contribution in [0.1, 0.15) is 114 Å². The molecule has 6 amide bonds. The number of pyridine rings is 2. The van der Waals surface area contributed by atoms with Gasteiger partial charge in [-0.05, 0) is 120 Å². The molecule has 0 bridgehead atoms. The molecule has 1 aliphatic carbocycles. The van der Waals surface area contributed by atoms with E-state index < -0.39 is 42.5 Å². The number of amides is 6. The van der Waals surface area contributed by atoms with Gasteiger partial charge in [0.05, 0.1) is 56.6 Å². The van der Waals surface area contributed by atoms with E-state index >= 15 is 0 Å². The van der Waals surface area contributed by atoms with E-state index in [2.05, 4.69) is 10.6 Å². The molecule has 3 N–H and O–H groups in total. The van der Waals surface area contributed by atoms with Gasteiger partial charge in [-0.3, -0.25) is 4.79 Å². The lowest BCUT2D eigenvalue weighted by atomic mass is 9.98. The van der Waals surface area contributed by atoms with Gasteiger partial charge in [-0.15, -0.1) is 0 Å². The molecule has 6 aromatic rings. The molecule has 22 nitrogen and oxygen atoms in total. The van der Waals surface area contributed by atoms with Crippen LogP contribution < -0.4 is 15.4 Å². The van der Waals surface area contributed by atoms with Crippen molar-refractivity contribution in [3.05, 3.63) is 149 Å². The number of alkyl carbamates (subject to hydrolysis) is 1. The Hall–Kier alpha value is -9.34. The average Bonchev–Trinajstić information content (AvgIpc) is 2.52. The first-order valence-corrected chi connectivity index (χ1v) is 29.8. The van der Waals surface area contributed by atoms with Crippen molar-refractivity contribution < 1.29 is 67.1 Å². The maximum Gasteiger partial charge on any atom is 0.419 e. The van der Waals surface area contributed by atoms with Crippen molar-refractivity contribution in [1.82, 2.24) is 40.2 Å². The fourth-order valence-corrected chi connectivity index (χ4v) is 9.27. The highest BCUT2D eigenvalue weighted by molar-refractivity contribution is 5.88. The number of rotatable bonds is 29. The average molecular weight is 1210 g/mol. The Morgan fingerprint density at radius 1 is 0.591 bits per heavy atom. The van der Waals surface area contributed by atoms with Gasteiger partial charge >= 0.3 is 36.4 Å². The van der Waals surface area contributed by atoms with Crippen LogP contribution in [0, 0.1) is 23.7 Å². The van der Waals surface area contributed by atoms with Gasteiger partial charge in [0, 0.05) is 24.2 Å². The maximum absolute atomic E-state index is 13.3. The van der Waals surface area contributed by atoms with Crippen LogP contribution >= 0.6 is 0 Å². The minimum absolute atomic E-state index is 0.0148. The third-order valence-corrected chi connectivity index (χ3v) is 13.7. The van der Waals surface area contributed by atoms with Crippen molar-refractivity contribution in [1.29, 1.82) is 0 Å². The SMILES string of the molecule is CC(C)COC(=O)N(Cc1cccc(-c2nn(-c3cccc(CN(C(=O)OCC(C)C)C(=O)OCC(C)C)n3)cc2CCc2ccc(OCC(=O)NCCCC[C@H](NC(=O)OCC3c4ccccc4-c4ccccc43)C(=O)O)cc2)n1)C(=O)OCC(C)C. The molecule has 0 radical (unpaired) electrons. The quantitative estimate of drug-likeness (QED) is 0.0291. The van der Waals surface area contributed by atoms with Gasteiger partial charge in [0.25, 0.3) is 5.91 Å². The second-order valence-corrected chi connectivity index (χ2v) is 23.1. The fourth-order valence-electron chi connectivity index (χ4n) is 9.27. The summed E-state index contributed by atoms with van der Waals surface area (Å²) in [6.45, 7) is 15.0. The lowest BCUT2D eigenvalue weighted by Crippen LogP contribution is -2.41. The normalized spacial score (nSPS) is 12.0. The Balaban J connectivity index is 0.977. The summed E-state index contributed by atoms with van der Waals surface area (Å²) in [7, 11) is 0. The maximum atomic E-state index is 13.3. The minimum Gasteiger partial charge on any atom is -0.484 e. The number of benzene rings is 3. The Bertz CT molecular complexity index is 3250. The van der Waals surface area contributed by atoms with E-state index in [-0.39, 0.29) is 101 Å². The molecule has 468 valence electrons. The van der Waals surface area contributed by atoms with Gasteiger partial charge in [0.2, 0.25) is 0 Å². The monoisotopic (exact) mass is 1210 g/mol. The van der Waals surface area contributed by atoms with Gasteiger partial charge < -0.3 is 44.2 Å². The van der Waals surface area contributed by atoms with E-state index in [1.54, 1.807) is 53.2 Å². The number of unbranched alkanes of at least 4 members (excludes halogenated alkanes) is 1. The Morgan fingerprint density at radius 2 is 1.11 bits per heavy atom. The summed E-state index contributed by atoms with van der Waals surface area (Å²) in [5.74, 6) is -0.840. The molecular weight excluding hydrogens is 1130 g/mol. The zero-order chi connectivity index (χ0) is 63.3. The summed E-state index contributed by atoms with van der Waals surface area (Å²) in [5, 5.41) is 20.1. The van der Waals surface area contributed by atoms with Gasteiger partial charge in [0.15, 0.2) is 12.4 Å². The summed E-state index contributed by atoms with van der Waals surface area (Å²) >= 11 is 0. The van der Waals surface area contributed by atoms with Crippen molar-refractivity contribution >= 4 is 42.3 Å². The second-order valence-electron chi connectivity index (χ2n) is 23.1. The standard InChI is InChI=1S/C66H80N8O14/c1-42(2)36-85-63(79)72(64(80)86-37-43(3)4)34-48-17-15-24-56(68-48)60-47(33-74(71-60)58-25-16-18-49(69-58)35-73(65(81)87-38-44(5)6)66(82)88-39-45(7)8)29-26-46-27-30-50(31-28-46)83-41-59(75)67-32-14-13-23-57(61(76)77)70-62(78)84-40-55-53-21-11-9-19-51(53)52-20-10-12-22-54(52)55/h9-12,15-22,24-25,27-28,30-31,33,42-45,55,57H,13-14,23,26,29,32,34-41H2,1-8H3,(H,67,75)(H,70,78)(H,76,77)/t57-/m0/s1. The Labute approximate surface area is 513 Å². The van der Waals surface area contributed by atoms with Crippen molar-refractivity contribution in [2.24, 2.45) is 23.7 Å². The number of imide groups is 2. The van der Waals surface area contributed by atoms with E-state index in [4.69, 9.17) is 43.5 Å². The predicted octanol–water partition coefficient (Wildman–Crippen LogP) is 11.5. The van der Waals surface area contributed by atoms with Crippen LogP contribution in [0.2, 0.25) is 0 Å². The highest BCUT2D eigenvalue weighted by Gasteiger charge is 2.31. The zero-order valence-corrected chi connectivity index (χ0v) is 51.3. The van der Waals surface area contributed by atoms with E-state index in [0.717, 1.165) is 43.2 Å². The number of aryl methyl sites for hydroxylation is 2. The molecule has 1 aliphatic rings. The number of nitrogens with one attached hydrogen (secondary N) is 2. The molecule has 0 saturated carbocycles. The molecule has 0 aliphatic heterocycles. The molecule has 3 aromatic carbocycles. The number of carboxylic acid groups (broad SMARTS) is 1. The molecular formula is C66H80N8O14. The van der Waals surface area contributed by atoms with E-state index in [9.17, 15) is 38.7 Å². The molecule has 3 aromatic heterocycles. The number of nitrogens with zero attached hydrogens (tertiary/aromatic N) is 6. The van der Waals surface area contributed by atoms with E-state index in [0.29, 0.717) is 60.0 Å². The summed E-state index contributed by atoms with van der Waals surface area (Å²) in [6.07, 6.45) is -0.539. The van der Waals surface area contributed by atoms with Gasteiger partial charge in [0.1, 0.15) is 24.1 Å². The molecule has 7 rings (SSSR count). The van der Waals surface area contributed by atoms with Crippen molar-refractivity contribution in [3.63, 3.8) is 0 Å². The van der Waals surface area contributed by atoms with E-state index in [1.807, 2.05) is 122 Å². The van der Waals surface area contributed by atoms with Crippen molar-refractivity contribution in [3.8, 4) is 34.1 Å². The highest BCUT2D eigenvalue weighted by Crippen LogP contribution is 2.44. The third kappa shape index (κ3) is 19.6. The number of aliphatic carboxylic acids is 1. The van der Waals surface area contributed by atoms with Crippen LogP contribution in [0.5, 0.6) is 5.75 Å². The molecule has 0 fully saturated rings. The number of hydrogen-bond donors (Lipinski definition) is 3. The summed E-state index contributed by atoms with van der Waals surface area (Å²) < 4.78 is 34.7. The van der Waals surface area contributed by atoms with Crippen LogP contribution in [-0.4, -0.2) is 129 Å². The Morgan fingerprint density at radius 3 is 1.65 bits per heavy atom. The molecule has 0 saturated heterocycles. The molecule has 3 heterocycles. The molecule has 88 heavy (non-hydrogen) atoms. The first kappa shape index (κ1) is 66.2. The van der Waals surface area contributed by atoms with Crippen LogP contribution in [-0.2, 0) is 59.2 Å². The predicted molar refractivity (Wildman–Crippen MR) is 326 cm³/mol.